The molecule has 0 fully saturated rings. The molecule has 3 aromatic rings. The van der Waals surface area contributed by atoms with E-state index in [2.05, 4.69) is 31.3 Å². The lowest BCUT2D eigenvalue weighted by molar-refractivity contribution is 0.102. The highest BCUT2D eigenvalue weighted by Gasteiger charge is 2.16. The van der Waals surface area contributed by atoms with E-state index in [1.165, 1.54) is 0 Å². The molecular formula is C20H23BrN4O3. The highest BCUT2D eigenvalue weighted by Crippen LogP contribution is 2.37. The molecule has 28 heavy (non-hydrogen) atoms. The van der Waals surface area contributed by atoms with Crippen molar-refractivity contribution >= 4 is 38.6 Å². The van der Waals surface area contributed by atoms with E-state index in [1.54, 1.807) is 31.6 Å². The van der Waals surface area contributed by atoms with Crippen LogP contribution in [0.15, 0.2) is 35.1 Å². The van der Waals surface area contributed by atoms with Crippen LogP contribution in [0.3, 0.4) is 0 Å². The van der Waals surface area contributed by atoms with Gasteiger partial charge in [0.25, 0.3) is 5.91 Å². The second-order valence-corrected chi connectivity index (χ2v) is 7.47. The smallest absolute Gasteiger partial charge is 0.255 e. The number of rotatable bonds is 7. The molecular weight excluding hydrogens is 424 g/mol. The maximum absolute atomic E-state index is 12.7. The van der Waals surface area contributed by atoms with Gasteiger partial charge >= 0.3 is 0 Å². The van der Waals surface area contributed by atoms with Crippen LogP contribution in [-0.4, -0.2) is 34.4 Å². The number of amides is 1. The Morgan fingerprint density at radius 2 is 2.07 bits per heavy atom. The molecule has 0 spiro atoms. The molecule has 1 amide bonds. The minimum atomic E-state index is -0.265. The fourth-order valence-corrected chi connectivity index (χ4v) is 3.34. The van der Waals surface area contributed by atoms with Crippen LogP contribution in [-0.2, 0) is 0 Å². The van der Waals surface area contributed by atoms with Gasteiger partial charge in [-0.15, -0.1) is 0 Å². The summed E-state index contributed by atoms with van der Waals surface area (Å²) in [5, 5.41) is 8.09. The molecule has 8 heteroatoms. The van der Waals surface area contributed by atoms with Gasteiger partial charge < -0.3 is 14.8 Å². The molecule has 0 atom stereocenters. The summed E-state index contributed by atoms with van der Waals surface area (Å²) < 4.78 is 13.6. The SMILES string of the molecule is CCCOc1c(Br)cc(C(=O)Nc2cnc3c(cnn3C(C)C)c2)cc1OC. The number of aromatic nitrogens is 3. The molecule has 1 N–H and O–H groups in total. The fraction of sp³-hybridized carbons (Fsp3) is 0.350. The molecule has 0 aliphatic heterocycles. The van der Waals surface area contributed by atoms with Gasteiger partial charge in [-0.3, -0.25) is 4.79 Å². The summed E-state index contributed by atoms with van der Waals surface area (Å²) in [4.78, 5) is 17.2. The van der Waals surface area contributed by atoms with Gasteiger partial charge in [0, 0.05) is 17.0 Å². The lowest BCUT2D eigenvalue weighted by atomic mass is 10.2. The molecule has 0 bridgehead atoms. The normalized spacial score (nSPS) is 11.1. The van der Waals surface area contributed by atoms with Gasteiger partial charge in [0.1, 0.15) is 0 Å². The molecule has 3 rings (SSSR count). The summed E-state index contributed by atoms with van der Waals surface area (Å²) in [6.07, 6.45) is 4.25. The van der Waals surface area contributed by atoms with Crippen LogP contribution in [0, 0.1) is 0 Å². The number of fused-ring (bicyclic) bond motifs is 1. The maximum Gasteiger partial charge on any atom is 0.255 e. The van der Waals surface area contributed by atoms with Gasteiger partial charge in [-0.05, 0) is 54.4 Å². The zero-order chi connectivity index (χ0) is 20.3. The minimum absolute atomic E-state index is 0.212. The summed E-state index contributed by atoms with van der Waals surface area (Å²) in [6.45, 7) is 6.68. The average molecular weight is 447 g/mol. The number of carbonyl (C=O) groups is 1. The summed E-state index contributed by atoms with van der Waals surface area (Å²) in [7, 11) is 1.55. The number of halogens is 1. The van der Waals surface area contributed by atoms with E-state index in [1.807, 2.05) is 31.5 Å². The van der Waals surface area contributed by atoms with Crippen LogP contribution >= 0.6 is 15.9 Å². The Morgan fingerprint density at radius 3 is 2.75 bits per heavy atom. The summed E-state index contributed by atoms with van der Waals surface area (Å²) in [6, 6.07) is 5.44. The number of carbonyl (C=O) groups excluding carboxylic acids is 1. The van der Waals surface area contributed by atoms with Crippen molar-refractivity contribution in [3.63, 3.8) is 0 Å². The van der Waals surface area contributed by atoms with Crippen LogP contribution in [0.2, 0.25) is 0 Å². The standard InChI is InChI=1S/C20H23BrN4O3/c1-5-6-28-18-16(21)8-13(9-17(18)27-4)20(26)24-15-7-14-10-23-25(12(2)3)19(14)22-11-15/h7-12H,5-6H2,1-4H3,(H,24,26). The Labute approximate surface area is 172 Å². The first-order chi connectivity index (χ1) is 13.4. The largest absolute Gasteiger partial charge is 0.493 e. The molecule has 0 radical (unpaired) electrons. The number of nitrogens with one attached hydrogen (secondary N) is 1. The number of ether oxygens (including phenoxy) is 2. The average Bonchev–Trinajstić information content (AvgIpc) is 3.10. The van der Waals surface area contributed by atoms with E-state index in [0.717, 1.165) is 17.5 Å². The number of anilines is 1. The van der Waals surface area contributed by atoms with Crippen molar-refractivity contribution in [1.82, 2.24) is 14.8 Å². The molecule has 0 saturated heterocycles. The Hall–Kier alpha value is -2.61. The fourth-order valence-electron chi connectivity index (χ4n) is 2.78. The Balaban J connectivity index is 1.84. The first-order valence-corrected chi connectivity index (χ1v) is 9.88. The Bertz CT molecular complexity index is 1000. The van der Waals surface area contributed by atoms with Crippen molar-refractivity contribution in [2.24, 2.45) is 0 Å². The van der Waals surface area contributed by atoms with Crippen LogP contribution < -0.4 is 14.8 Å². The van der Waals surface area contributed by atoms with Crippen LogP contribution in [0.4, 0.5) is 5.69 Å². The van der Waals surface area contributed by atoms with Gasteiger partial charge in [-0.2, -0.15) is 5.10 Å². The van der Waals surface area contributed by atoms with E-state index in [9.17, 15) is 4.79 Å². The van der Waals surface area contributed by atoms with Gasteiger partial charge in [0.2, 0.25) is 0 Å². The van der Waals surface area contributed by atoms with Crippen molar-refractivity contribution in [1.29, 1.82) is 0 Å². The van der Waals surface area contributed by atoms with Crippen molar-refractivity contribution in [3.05, 3.63) is 40.6 Å². The van der Waals surface area contributed by atoms with Crippen molar-refractivity contribution in [2.45, 2.75) is 33.2 Å². The molecule has 0 unspecified atom stereocenters. The predicted octanol–water partition coefficient (Wildman–Crippen LogP) is 4.82. The molecule has 2 heterocycles. The lowest BCUT2D eigenvalue weighted by Gasteiger charge is -2.14. The number of nitrogens with zero attached hydrogens (tertiary/aromatic N) is 3. The number of pyridine rings is 1. The highest BCUT2D eigenvalue weighted by atomic mass is 79.9. The van der Waals surface area contributed by atoms with Crippen LogP contribution in [0.25, 0.3) is 11.0 Å². The predicted molar refractivity (Wildman–Crippen MR) is 112 cm³/mol. The third-order valence-corrected chi connectivity index (χ3v) is 4.71. The van der Waals surface area contributed by atoms with Crippen molar-refractivity contribution < 1.29 is 14.3 Å². The van der Waals surface area contributed by atoms with Crippen LogP contribution in [0.1, 0.15) is 43.6 Å². The number of hydrogen-bond acceptors (Lipinski definition) is 5. The van der Waals surface area contributed by atoms with Gasteiger partial charge in [0.15, 0.2) is 17.1 Å². The first-order valence-electron chi connectivity index (χ1n) is 9.09. The topological polar surface area (TPSA) is 78.3 Å². The van der Waals surface area contributed by atoms with Crippen molar-refractivity contribution in [3.8, 4) is 11.5 Å². The van der Waals surface area contributed by atoms with Crippen molar-refractivity contribution in [2.75, 3.05) is 19.0 Å². The second kappa shape index (κ2) is 8.60. The molecule has 0 saturated carbocycles. The van der Waals surface area contributed by atoms with E-state index in [4.69, 9.17) is 9.47 Å². The van der Waals surface area contributed by atoms with E-state index < -0.39 is 0 Å². The van der Waals surface area contributed by atoms with E-state index in [0.29, 0.717) is 33.8 Å². The molecule has 0 aliphatic carbocycles. The quantitative estimate of drug-likeness (QED) is 0.562. The van der Waals surface area contributed by atoms with E-state index >= 15 is 0 Å². The Morgan fingerprint density at radius 1 is 1.29 bits per heavy atom. The third kappa shape index (κ3) is 4.11. The summed E-state index contributed by atoms with van der Waals surface area (Å²) >= 11 is 3.46. The molecule has 7 nitrogen and oxygen atoms in total. The van der Waals surface area contributed by atoms with Crippen LogP contribution in [0.5, 0.6) is 11.5 Å². The second-order valence-electron chi connectivity index (χ2n) is 6.61. The lowest BCUT2D eigenvalue weighted by Crippen LogP contribution is -2.13. The minimum Gasteiger partial charge on any atom is -0.493 e. The monoisotopic (exact) mass is 446 g/mol. The van der Waals surface area contributed by atoms with E-state index in [-0.39, 0.29) is 11.9 Å². The third-order valence-electron chi connectivity index (χ3n) is 4.12. The summed E-state index contributed by atoms with van der Waals surface area (Å²) in [5.74, 6) is 0.822. The number of benzene rings is 1. The number of hydrogen-bond donors (Lipinski definition) is 1. The number of methoxy groups -OCH3 is 1. The van der Waals surface area contributed by atoms with Gasteiger partial charge in [-0.1, -0.05) is 6.92 Å². The zero-order valence-corrected chi connectivity index (χ0v) is 17.9. The summed E-state index contributed by atoms with van der Waals surface area (Å²) in [5.41, 5.74) is 1.84. The molecule has 0 aliphatic rings. The van der Waals surface area contributed by atoms with Gasteiger partial charge in [0.05, 0.1) is 36.3 Å². The molecule has 148 valence electrons. The molecule has 1 aromatic carbocycles. The maximum atomic E-state index is 12.7. The molecule has 2 aromatic heterocycles. The van der Waals surface area contributed by atoms with Gasteiger partial charge in [-0.25, -0.2) is 9.67 Å². The first kappa shape index (κ1) is 20.1. The highest BCUT2D eigenvalue weighted by molar-refractivity contribution is 9.10. The zero-order valence-electron chi connectivity index (χ0n) is 16.3. The Kier molecular flexibility index (Phi) is 6.18.